The van der Waals surface area contributed by atoms with E-state index in [1.54, 1.807) is 4.68 Å². The van der Waals surface area contributed by atoms with E-state index < -0.39 is 0 Å². The number of aryl methyl sites for hydroxylation is 2. The molecule has 17 heavy (non-hydrogen) atoms. The summed E-state index contributed by atoms with van der Waals surface area (Å²) in [7, 11) is 0. The molecule has 0 saturated heterocycles. The molecule has 1 unspecified atom stereocenters. The van der Waals surface area contributed by atoms with Crippen molar-refractivity contribution >= 4 is 11.6 Å². The van der Waals surface area contributed by atoms with Crippen LogP contribution in [0.15, 0.2) is 24.4 Å². The second-order valence-corrected chi connectivity index (χ2v) is 5.17. The quantitative estimate of drug-likeness (QED) is 0.764. The SMILES string of the molecule is CC(Cl)c1cn(-c2ccc3c(c2)CCC3)nn1. The molecule has 0 aliphatic heterocycles. The van der Waals surface area contributed by atoms with Gasteiger partial charge in [0, 0.05) is 0 Å². The molecule has 0 radical (unpaired) electrons. The highest BCUT2D eigenvalue weighted by Gasteiger charge is 2.13. The number of hydrogen-bond donors (Lipinski definition) is 0. The maximum Gasteiger partial charge on any atom is 0.101 e. The van der Waals surface area contributed by atoms with E-state index in [1.807, 2.05) is 13.1 Å². The van der Waals surface area contributed by atoms with Crippen LogP contribution >= 0.6 is 11.6 Å². The van der Waals surface area contributed by atoms with Crippen molar-refractivity contribution in [3.63, 3.8) is 0 Å². The Morgan fingerprint density at radius 1 is 1.29 bits per heavy atom. The molecule has 1 aliphatic carbocycles. The number of rotatable bonds is 2. The summed E-state index contributed by atoms with van der Waals surface area (Å²) in [5.74, 6) is 0. The van der Waals surface area contributed by atoms with E-state index in [-0.39, 0.29) is 5.38 Å². The van der Waals surface area contributed by atoms with Crippen molar-refractivity contribution in [2.75, 3.05) is 0 Å². The fourth-order valence-electron chi connectivity index (χ4n) is 2.29. The molecule has 0 spiro atoms. The van der Waals surface area contributed by atoms with Gasteiger partial charge in [-0.15, -0.1) is 16.7 Å². The third-order valence-electron chi connectivity index (χ3n) is 3.27. The monoisotopic (exact) mass is 247 g/mol. The van der Waals surface area contributed by atoms with Gasteiger partial charge in [0.05, 0.1) is 17.3 Å². The summed E-state index contributed by atoms with van der Waals surface area (Å²) in [5, 5.41) is 8.08. The fraction of sp³-hybridized carbons (Fsp3) is 0.385. The van der Waals surface area contributed by atoms with E-state index in [2.05, 4.69) is 28.5 Å². The van der Waals surface area contributed by atoms with Gasteiger partial charge in [-0.3, -0.25) is 0 Å². The molecule has 1 atom stereocenters. The van der Waals surface area contributed by atoms with Crippen LogP contribution in [0.4, 0.5) is 0 Å². The first-order valence-electron chi connectivity index (χ1n) is 5.92. The van der Waals surface area contributed by atoms with E-state index >= 15 is 0 Å². The van der Waals surface area contributed by atoms with E-state index in [9.17, 15) is 0 Å². The van der Waals surface area contributed by atoms with Crippen LogP contribution in [-0.4, -0.2) is 15.0 Å². The van der Waals surface area contributed by atoms with Crippen molar-refractivity contribution in [3.8, 4) is 5.69 Å². The molecule has 0 amide bonds. The van der Waals surface area contributed by atoms with Gasteiger partial charge >= 0.3 is 0 Å². The minimum absolute atomic E-state index is 0.0989. The average Bonchev–Trinajstić information content (AvgIpc) is 2.97. The molecule has 1 heterocycles. The van der Waals surface area contributed by atoms with Gasteiger partial charge in [0.25, 0.3) is 0 Å². The normalized spacial score (nSPS) is 15.9. The highest BCUT2D eigenvalue weighted by Crippen LogP contribution is 2.24. The molecule has 2 aromatic rings. The third kappa shape index (κ3) is 1.95. The molecule has 0 saturated carbocycles. The Morgan fingerprint density at radius 3 is 2.88 bits per heavy atom. The Morgan fingerprint density at radius 2 is 2.12 bits per heavy atom. The van der Waals surface area contributed by atoms with Crippen LogP contribution < -0.4 is 0 Å². The van der Waals surface area contributed by atoms with Gasteiger partial charge in [-0.05, 0) is 49.4 Å². The van der Waals surface area contributed by atoms with Gasteiger partial charge < -0.3 is 0 Å². The molecular formula is C13H14ClN3. The van der Waals surface area contributed by atoms with Crippen molar-refractivity contribution in [1.29, 1.82) is 0 Å². The molecular weight excluding hydrogens is 234 g/mol. The Kier molecular flexibility index (Phi) is 2.63. The average molecular weight is 248 g/mol. The lowest BCUT2D eigenvalue weighted by atomic mass is 10.1. The van der Waals surface area contributed by atoms with Crippen LogP contribution in [0, 0.1) is 0 Å². The highest BCUT2D eigenvalue weighted by molar-refractivity contribution is 6.20. The number of aromatic nitrogens is 3. The summed E-state index contributed by atoms with van der Waals surface area (Å²) in [6, 6.07) is 6.50. The first-order valence-corrected chi connectivity index (χ1v) is 6.36. The van der Waals surface area contributed by atoms with Crippen molar-refractivity contribution in [1.82, 2.24) is 15.0 Å². The number of fused-ring (bicyclic) bond motifs is 1. The number of hydrogen-bond acceptors (Lipinski definition) is 2. The zero-order chi connectivity index (χ0) is 11.8. The zero-order valence-electron chi connectivity index (χ0n) is 9.73. The van der Waals surface area contributed by atoms with Crippen LogP contribution in [0.25, 0.3) is 5.69 Å². The summed E-state index contributed by atoms with van der Waals surface area (Å²) in [4.78, 5) is 0. The molecule has 1 aliphatic rings. The molecule has 4 heteroatoms. The number of halogens is 1. The van der Waals surface area contributed by atoms with Crippen molar-refractivity contribution < 1.29 is 0 Å². The number of benzene rings is 1. The van der Waals surface area contributed by atoms with E-state index in [1.165, 1.54) is 30.4 Å². The van der Waals surface area contributed by atoms with Crippen LogP contribution in [0.1, 0.15) is 35.5 Å². The summed E-state index contributed by atoms with van der Waals surface area (Å²) in [6.07, 6.45) is 5.54. The highest BCUT2D eigenvalue weighted by atomic mass is 35.5. The fourth-order valence-corrected chi connectivity index (χ4v) is 2.39. The summed E-state index contributed by atoms with van der Waals surface area (Å²) in [6.45, 7) is 1.90. The second-order valence-electron chi connectivity index (χ2n) is 4.51. The minimum atomic E-state index is -0.0989. The van der Waals surface area contributed by atoms with Gasteiger partial charge in [0.15, 0.2) is 0 Å². The van der Waals surface area contributed by atoms with Crippen molar-refractivity contribution in [2.45, 2.75) is 31.6 Å². The van der Waals surface area contributed by atoms with Gasteiger partial charge in [-0.1, -0.05) is 11.3 Å². The molecule has 3 rings (SSSR count). The van der Waals surface area contributed by atoms with Gasteiger partial charge in [-0.2, -0.15) is 0 Å². The molecule has 1 aromatic heterocycles. The van der Waals surface area contributed by atoms with Crippen LogP contribution in [0.5, 0.6) is 0 Å². The maximum absolute atomic E-state index is 5.98. The van der Waals surface area contributed by atoms with E-state index in [0.29, 0.717) is 0 Å². The lowest BCUT2D eigenvalue weighted by Gasteiger charge is -2.03. The lowest BCUT2D eigenvalue weighted by molar-refractivity contribution is 0.795. The number of nitrogens with zero attached hydrogens (tertiary/aromatic N) is 3. The molecule has 88 valence electrons. The predicted molar refractivity (Wildman–Crippen MR) is 67.7 cm³/mol. The third-order valence-corrected chi connectivity index (χ3v) is 3.49. The predicted octanol–water partition coefficient (Wildman–Crippen LogP) is 3.06. The first kappa shape index (κ1) is 10.8. The number of alkyl halides is 1. The summed E-state index contributed by atoms with van der Waals surface area (Å²) in [5.41, 5.74) is 4.80. The lowest BCUT2D eigenvalue weighted by Crippen LogP contribution is -1.96. The maximum atomic E-state index is 5.98. The zero-order valence-corrected chi connectivity index (χ0v) is 10.5. The molecule has 0 fully saturated rings. The van der Waals surface area contributed by atoms with Crippen LogP contribution in [-0.2, 0) is 12.8 Å². The molecule has 1 aromatic carbocycles. The Bertz CT molecular complexity index is 545. The smallest absolute Gasteiger partial charge is 0.101 e. The van der Waals surface area contributed by atoms with Crippen molar-refractivity contribution in [2.24, 2.45) is 0 Å². The van der Waals surface area contributed by atoms with Crippen LogP contribution in [0.2, 0.25) is 0 Å². The van der Waals surface area contributed by atoms with Crippen molar-refractivity contribution in [3.05, 3.63) is 41.2 Å². The largest absolute Gasteiger partial charge is 0.220 e. The van der Waals surface area contributed by atoms with Gasteiger partial charge in [0.1, 0.15) is 5.69 Å². The standard InChI is InChI=1S/C13H14ClN3/c1-9(14)13-8-17(16-15-13)12-6-5-10-3-2-4-11(10)7-12/h5-9H,2-4H2,1H3. The van der Waals surface area contributed by atoms with Gasteiger partial charge in [-0.25, -0.2) is 4.68 Å². The minimum Gasteiger partial charge on any atom is -0.220 e. The Hall–Kier alpha value is -1.35. The summed E-state index contributed by atoms with van der Waals surface area (Å²) < 4.78 is 1.80. The topological polar surface area (TPSA) is 30.7 Å². The Balaban J connectivity index is 1.97. The molecule has 0 N–H and O–H groups in total. The van der Waals surface area contributed by atoms with Gasteiger partial charge in [0.2, 0.25) is 0 Å². The van der Waals surface area contributed by atoms with E-state index in [0.717, 1.165) is 11.4 Å². The molecule has 3 nitrogen and oxygen atoms in total. The second kappa shape index (κ2) is 4.15. The van der Waals surface area contributed by atoms with E-state index in [4.69, 9.17) is 11.6 Å². The molecule has 0 bridgehead atoms. The Labute approximate surface area is 105 Å². The van der Waals surface area contributed by atoms with Crippen LogP contribution in [0.3, 0.4) is 0 Å². The first-order chi connectivity index (χ1) is 8.24. The summed E-state index contributed by atoms with van der Waals surface area (Å²) >= 11 is 5.98.